The smallest absolute Gasteiger partial charge is 0.0724 e. The van der Waals surface area contributed by atoms with Gasteiger partial charge in [0.15, 0.2) is 0 Å². The first-order valence-electron chi connectivity index (χ1n) is 13.0. The largest absolute Gasteiger partial charge is 0.389 e. The van der Waals surface area contributed by atoms with Gasteiger partial charge in [-0.05, 0) is 97.7 Å². The van der Waals surface area contributed by atoms with Crippen LogP contribution in [-0.4, -0.2) is 11.2 Å². The molecule has 0 aromatic heterocycles. The van der Waals surface area contributed by atoms with E-state index in [2.05, 4.69) is 65.8 Å². The summed E-state index contributed by atoms with van der Waals surface area (Å²) in [6.07, 6.45) is 19.7. The first kappa shape index (κ1) is 22.4. The third-order valence-electron chi connectivity index (χ3n) is 10.2. The van der Waals surface area contributed by atoms with Gasteiger partial charge in [0.1, 0.15) is 0 Å². The van der Waals surface area contributed by atoms with Crippen LogP contribution in [0.25, 0.3) is 0 Å². The lowest BCUT2D eigenvalue weighted by Gasteiger charge is -2.55. The molecule has 0 spiro atoms. The van der Waals surface area contributed by atoms with Crippen molar-refractivity contribution in [3.05, 3.63) is 35.5 Å². The maximum absolute atomic E-state index is 10.2. The maximum atomic E-state index is 10.2. The van der Waals surface area contributed by atoms with Gasteiger partial charge in [-0.2, -0.15) is 0 Å². The highest BCUT2D eigenvalue weighted by molar-refractivity contribution is 5.36. The van der Waals surface area contributed by atoms with Crippen LogP contribution < -0.4 is 0 Å². The third-order valence-corrected chi connectivity index (χ3v) is 10.2. The van der Waals surface area contributed by atoms with Crippen molar-refractivity contribution in [3.63, 3.8) is 0 Å². The minimum absolute atomic E-state index is 0.210. The van der Waals surface area contributed by atoms with E-state index in [0.29, 0.717) is 16.7 Å². The van der Waals surface area contributed by atoms with E-state index in [9.17, 15) is 5.11 Å². The van der Waals surface area contributed by atoms with E-state index in [-0.39, 0.29) is 6.10 Å². The Kier molecular flexibility index (Phi) is 6.17. The third kappa shape index (κ3) is 3.58. The fourth-order valence-corrected chi connectivity index (χ4v) is 8.19. The average Bonchev–Trinajstić information content (AvgIpc) is 3.06. The van der Waals surface area contributed by atoms with Crippen molar-refractivity contribution in [1.29, 1.82) is 0 Å². The van der Waals surface area contributed by atoms with Gasteiger partial charge in [-0.15, -0.1) is 0 Å². The molecule has 30 heavy (non-hydrogen) atoms. The van der Waals surface area contributed by atoms with Crippen LogP contribution in [-0.2, 0) is 0 Å². The summed E-state index contributed by atoms with van der Waals surface area (Å²) in [6.45, 7) is 14.7. The molecule has 0 saturated heterocycles. The monoisotopic (exact) mass is 410 g/mol. The van der Waals surface area contributed by atoms with Gasteiger partial charge >= 0.3 is 0 Å². The molecule has 4 rings (SSSR count). The Morgan fingerprint density at radius 2 is 1.80 bits per heavy atom. The summed E-state index contributed by atoms with van der Waals surface area (Å²) in [6, 6.07) is 0. The minimum Gasteiger partial charge on any atom is -0.389 e. The molecular weight excluding hydrogens is 364 g/mol. The van der Waals surface area contributed by atoms with Crippen LogP contribution in [0, 0.1) is 46.3 Å². The quantitative estimate of drug-likeness (QED) is 0.460. The molecule has 2 fully saturated rings. The molecule has 4 aliphatic rings. The summed E-state index contributed by atoms with van der Waals surface area (Å²) < 4.78 is 0. The van der Waals surface area contributed by atoms with Gasteiger partial charge in [0.25, 0.3) is 0 Å². The Morgan fingerprint density at radius 3 is 2.50 bits per heavy atom. The van der Waals surface area contributed by atoms with Gasteiger partial charge in [0.2, 0.25) is 0 Å². The van der Waals surface area contributed by atoms with Gasteiger partial charge in [0.05, 0.1) is 6.10 Å². The van der Waals surface area contributed by atoms with Crippen LogP contribution in [0.15, 0.2) is 35.5 Å². The van der Waals surface area contributed by atoms with E-state index in [1.165, 1.54) is 44.1 Å². The lowest BCUT2D eigenvalue weighted by atomic mass is 9.50. The molecule has 0 heterocycles. The minimum atomic E-state index is -0.210. The van der Waals surface area contributed by atoms with Crippen molar-refractivity contribution in [2.24, 2.45) is 46.3 Å². The van der Waals surface area contributed by atoms with Crippen molar-refractivity contribution in [3.8, 4) is 0 Å². The molecule has 168 valence electrons. The Balaban J connectivity index is 1.55. The Labute approximate surface area is 186 Å². The molecule has 0 aliphatic heterocycles. The zero-order valence-electron chi connectivity index (χ0n) is 20.5. The summed E-state index contributed by atoms with van der Waals surface area (Å²) >= 11 is 0. The summed E-state index contributed by atoms with van der Waals surface area (Å²) in [4.78, 5) is 0. The zero-order chi connectivity index (χ0) is 21.7. The molecule has 4 aliphatic carbocycles. The second-order valence-electron chi connectivity index (χ2n) is 12.0. The maximum Gasteiger partial charge on any atom is 0.0724 e. The van der Waals surface area contributed by atoms with Crippen LogP contribution in [0.5, 0.6) is 0 Å². The predicted octanol–water partition coefficient (Wildman–Crippen LogP) is 7.72. The normalized spacial score (nSPS) is 42.9. The average molecular weight is 411 g/mol. The predicted molar refractivity (Wildman–Crippen MR) is 128 cm³/mol. The number of hydrogen-bond acceptors (Lipinski definition) is 1. The standard InChI is InChI=1S/C29H46O/c1-7-21(19(2)3)9-8-20(4)25-12-13-26-24-11-10-22-18-23(30)14-16-28(22,5)27(24)15-17-29(25,26)6/h8-9,11,18-21,23,25-27,30H,7,10,12-17H2,1-6H3/b9-8+/t20-,21-,23-,25-,26+,27+,28+,29-/m1/s1. The molecule has 2 saturated carbocycles. The van der Waals surface area contributed by atoms with Crippen molar-refractivity contribution in [1.82, 2.24) is 0 Å². The molecule has 8 atom stereocenters. The molecule has 1 heteroatoms. The number of allylic oxidation sites excluding steroid dienone is 5. The zero-order valence-corrected chi connectivity index (χ0v) is 20.5. The molecule has 0 aromatic rings. The number of aliphatic hydroxyl groups is 1. The lowest BCUT2D eigenvalue weighted by Crippen LogP contribution is -2.46. The second-order valence-corrected chi connectivity index (χ2v) is 12.0. The van der Waals surface area contributed by atoms with E-state index in [1.54, 1.807) is 0 Å². The van der Waals surface area contributed by atoms with Crippen LogP contribution >= 0.6 is 0 Å². The van der Waals surface area contributed by atoms with Crippen molar-refractivity contribution >= 4 is 0 Å². The van der Waals surface area contributed by atoms with Crippen LogP contribution in [0.1, 0.15) is 92.9 Å². The van der Waals surface area contributed by atoms with Crippen LogP contribution in [0.4, 0.5) is 0 Å². The van der Waals surface area contributed by atoms with E-state index >= 15 is 0 Å². The molecule has 0 aromatic carbocycles. The molecular formula is C29H46O. The van der Waals surface area contributed by atoms with E-state index in [4.69, 9.17) is 0 Å². The topological polar surface area (TPSA) is 20.2 Å². The number of rotatable bonds is 5. The fourth-order valence-electron chi connectivity index (χ4n) is 8.19. The highest BCUT2D eigenvalue weighted by Crippen LogP contribution is 2.66. The van der Waals surface area contributed by atoms with Gasteiger partial charge in [-0.1, -0.05) is 77.0 Å². The summed E-state index contributed by atoms with van der Waals surface area (Å²) in [7, 11) is 0. The van der Waals surface area contributed by atoms with Crippen molar-refractivity contribution in [2.75, 3.05) is 0 Å². The van der Waals surface area contributed by atoms with Gasteiger partial charge in [-0.25, -0.2) is 0 Å². The lowest BCUT2D eigenvalue weighted by molar-refractivity contribution is 0.0498. The van der Waals surface area contributed by atoms with Crippen LogP contribution in [0.3, 0.4) is 0 Å². The molecule has 0 amide bonds. The van der Waals surface area contributed by atoms with E-state index < -0.39 is 0 Å². The van der Waals surface area contributed by atoms with E-state index in [1.807, 2.05) is 5.57 Å². The number of aliphatic hydroxyl groups excluding tert-OH is 1. The van der Waals surface area contributed by atoms with Crippen molar-refractivity contribution < 1.29 is 5.11 Å². The Hall–Kier alpha value is -0.820. The van der Waals surface area contributed by atoms with E-state index in [0.717, 1.165) is 42.4 Å². The van der Waals surface area contributed by atoms with Gasteiger partial charge < -0.3 is 5.11 Å². The number of fused-ring (bicyclic) bond motifs is 5. The molecule has 1 N–H and O–H groups in total. The number of hydrogen-bond donors (Lipinski definition) is 1. The first-order valence-corrected chi connectivity index (χ1v) is 13.0. The van der Waals surface area contributed by atoms with Crippen molar-refractivity contribution in [2.45, 2.75) is 99.0 Å². The summed E-state index contributed by atoms with van der Waals surface area (Å²) in [5, 5.41) is 10.2. The van der Waals surface area contributed by atoms with Crippen LogP contribution in [0.2, 0.25) is 0 Å². The summed E-state index contributed by atoms with van der Waals surface area (Å²) in [5.41, 5.74) is 4.12. The Bertz CT molecular complexity index is 727. The van der Waals surface area contributed by atoms with Gasteiger partial charge in [-0.3, -0.25) is 0 Å². The molecule has 1 nitrogen and oxygen atoms in total. The highest BCUT2D eigenvalue weighted by Gasteiger charge is 2.56. The first-order chi connectivity index (χ1) is 14.2. The molecule has 0 radical (unpaired) electrons. The Morgan fingerprint density at radius 1 is 1.03 bits per heavy atom. The van der Waals surface area contributed by atoms with Gasteiger partial charge in [0, 0.05) is 0 Å². The molecule has 0 unspecified atom stereocenters. The SMILES string of the molecule is CC[C@H](/C=C/[C@@H](C)[C@H]1CC[C@H]2C3=CCC4=C[C@H](O)CC[C@]4(C)[C@H]3CC[C@]12C)C(C)C. The summed E-state index contributed by atoms with van der Waals surface area (Å²) in [5.74, 6) is 4.48. The molecule has 0 bridgehead atoms. The highest BCUT2D eigenvalue weighted by atomic mass is 16.3. The fraction of sp³-hybridized carbons (Fsp3) is 0.793. The second kappa shape index (κ2) is 8.27.